The van der Waals surface area contributed by atoms with Gasteiger partial charge in [-0.05, 0) is 12.8 Å². The quantitative estimate of drug-likeness (QED) is 0.342. The molecule has 0 aromatic heterocycles. The molecule has 0 amide bonds. The second-order valence-electron chi connectivity index (χ2n) is 7.19. The molecule has 0 saturated heterocycles. The zero-order valence-corrected chi connectivity index (χ0v) is 15.4. The van der Waals surface area contributed by atoms with Crippen molar-refractivity contribution in [2.24, 2.45) is 0 Å². The second kappa shape index (κ2) is 16.6. The van der Waals surface area contributed by atoms with Crippen LogP contribution < -0.4 is 0 Å². The zero-order valence-electron chi connectivity index (χ0n) is 15.4. The van der Waals surface area contributed by atoms with Gasteiger partial charge < -0.3 is 14.7 Å². The average molecular weight is 319 g/mol. The van der Waals surface area contributed by atoms with Crippen molar-refractivity contribution in [1.29, 1.82) is 0 Å². The summed E-state index contributed by atoms with van der Waals surface area (Å²) in [4.78, 5) is 8.56. The van der Waals surface area contributed by atoms with Crippen molar-refractivity contribution in [2.45, 2.75) is 84.0 Å². The van der Waals surface area contributed by atoms with Crippen LogP contribution in [0.5, 0.6) is 0 Å². The molecule has 0 saturated carbocycles. The van der Waals surface area contributed by atoms with Crippen LogP contribution in [0, 0.1) is 0 Å². The Morgan fingerprint density at radius 2 is 0.955 bits per heavy atom. The lowest BCUT2D eigenvalue weighted by molar-refractivity contribution is -0.870. The Hall–Kier alpha value is -0.770. The molecule has 2 N–H and O–H groups in total. The van der Waals surface area contributed by atoms with Crippen LogP contribution in [0.3, 0.4) is 0 Å². The molecule has 0 atom stereocenters. The highest BCUT2D eigenvalue weighted by Crippen LogP contribution is 2.12. The first-order valence-corrected chi connectivity index (χ1v) is 9.02. The van der Waals surface area contributed by atoms with E-state index in [9.17, 15) is 0 Å². The van der Waals surface area contributed by atoms with Gasteiger partial charge in [-0.3, -0.25) is 0 Å². The molecule has 0 unspecified atom stereocenters. The van der Waals surface area contributed by atoms with Crippen molar-refractivity contribution in [3.63, 3.8) is 0 Å². The number of carbonyl (C=O) groups is 1. The fraction of sp³-hybridized carbons (Fsp3) is 0.944. The Bertz CT molecular complexity index is 233. The van der Waals surface area contributed by atoms with E-state index in [-0.39, 0.29) is 0 Å². The monoisotopic (exact) mass is 318 g/mol. The summed E-state index contributed by atoms with van der Waals surface area (Å²) in [5, 5.41) is 13.9. The Labute approximate surface area is 138 Å². The van der Waals surface area contributed by atoms with Gasteiger partial charge in [0.25, 0.3) is 0 Å². The lowest BCUT2D eigenvalue weighted by atomic mass is 10.1. The van der Waals surface area contributed by atoms with Gasteiger partial charge in [0, 0.05) is 0 Å². The Morgan fingerprint density at radius 1 is 0.682 bits per heavy atom. The van der Waals surface area contributed by atoms with E-state index in [4.69, 9.17) is 15.0 Å². The molecule has 0 aliphatic rings. The molecule has 0 aliphatic heterocycles. The van der Waals surface area contributed by atoms with Gasteiger partial charge >= 0.3 is 6.16 Å². The van der Waals surface area contributed by atoms with Gasteiger partial charge in [-0.25, -0.2) is 4.79 Å². The maximum absolute atomic E-state index is 8.56. The number of rotatable bonds is 13. The summed E-state index contributed by atoms with van der Waals surface area (Å²) in [6.07, 6.45) is 15.6. The van der Waals surface area contributed by atoms with Crippen LogP contribution in [0.15, 0.2) is 0 Å². The number of quaternary nitrogens is 1. The molecule has 0 aromatic carbocycles. The van der Waals surface area contributed by atoms with Gasteiger partial charge in [0.05, 0.1) is 27.7 Å². The molecule has 134 valence electrons. The van der Waals surface area contributed by atoms with Crippen molar-refractivity contribution in [3.05, 3.63) is 0 Å². The minimum atomic E-state index is -1.83. The van der Waals surface area contributed by atoms with Gasteiger partial charge in [0.2, 0.25) is 0 Å². The summed E-state index contributed by atoms with van der Waals surface area (Å²) in [6.45, 7) is 3.62. The first kappa shape index (κ1) is 23.5. The van der Waals surface area contributed by atoms with Gasteiger partial charge in [0.15, 0.2) is 0 Å². The minimum Gasteiger partial charge on any atom is -0.450 e. The number of nitrogens with zero attached hydrogens (tertiary/aromatic N) is 1. The predicted molar refractivity (Wildman–Crippen MR) is 94.6 cm³/mol. The molecular formula is C18H40NO3+. The van der Waals surface area contributed by atoms with Crippen LogP contribution >= 0.6 is 0 Å². The molecule has 0 bridgehead atoms. The molecule has 0 spiro atoms. The highest BCUT2D eigenvalue weighted by molar-refractivity contribution is 5.53. The topological polar surface area (TPSA) is 57.5 Å². The fourth-order valence-electron chi connectivity index (χ4n) is 2.43. The highest BCUT2D eigenvalue weighted by atomic mass is 16.6. The van der Waals surface area contributed by atoms with Crippen LogP contribution in [0.2, 0.25) is 0 Å². The summed E-state index contributed by atoms with van der Waals surface area (Å²) in [7, 11) is 6.87. The third-order valence-corrected chi connectivity index (χ3v) is 3.68. The number of hydrogen-bond acceptors (Lipinski definition) is 1. The van der Waals surface area contributed by atoms with Crippen molar-refractivity contribution in [1.82, 2.24) is 0 Å². The summed E-state index contributed by atoms with van der Waals surface area (Å²) >= 11 is 0. The van der Waals surface area contributed by atoms with Gasteiger partial charge in [-0.2, -0.15) is 0 Å². The number of carboxylic acid groups (broad SMARTS) is 2. The molecule has 4 heteroatoms. The maximum atomic E-state index is 8.56. The lowest BCUT2D eigenvalue weighted by Gasteiger charge is -2.23. The molecule has 0 aromatic rings. The van der Waals surface area contributed by atoms with E-state index in [0.717, 1.165) is 4.48 Å². The van der Waals surface area contributed by atoms with E-state index < -0.39 is 6.16 Å². The van der Waals surface area contributed by atoms with Crippen LogP contribution in [-0.4, -0.2) is 48.5 Å². The average Bonchev–Trinajstić information content (AvgIpc) is 2.38. The van der Waals surface area contributed by atoms with E-state index in [1.54, 1.807) is 0 Å². The summed E-state index contributed by atoms with van der Waals surface area (Å²) < 4.78 is 1.12. The summed E-state index contributed by atoms with van der Waals surface area (Å²) in [6, 6.07) is 0. The summed E-state index contributed by atoms with van der Waals surface area (Å²) in [5.41, 5.74) is 0. The van der Waals surface area contributed by atoms with Crippen molar-refractivity contribution >= 4 is 6.16 Å². The van der Waals surface area contributed by atoms with E-state index in [1.807, 2.05) is 0 Å². The Kier molecular flexibility index (Phi) is 17.7. The Morgan fingerprint density at radius 3 is 1.23 bits per heavy atom. The first-order valence-electron chi connectivity index (χ1n) is 9.02. The van der Waals surface area contributed by atoms with Crippen LogP contribution in [0.25, 0.3) is 0 Å². The van der Waals surface area contributed by atoms with E-state index in [2.05, 4.69) is 28.1 Å². The molecule has 0 radical (unpaired) electrons. The molecule has 0 fully saturated rings. The second-order valence-corrected chi connectivity index (χ2v) is 7.19. The van der Waals surface area contributed by atoms with Crippen molar-refractivity contribution in [2.75, 3.05) is 27.7 Å². The van der Waals surface area contributed by atoms with E-state index >= 15 is 0 Å². The third kappa shape index (κ3) is 31.6. The molecule has 0 rings (SSSR count). The normalized spacial score (nSPS) is 10.9. The molecular weight excluding hydrogens is 278 g/mol. The number of hydrogen-bond donors (Lipinski definition) is 2. The molecule has 0 heterocycles. The molecule has 0 aliphatic carbocycles. The minimum absolute atomic E-state index is 1.12. The van der Waals surface area contributed by atoms with E-state index in [0.29, 0.717) is 0 Å². The summed E-state index contributed by atoms with van der Waals surface area (Å²) in [5.74, 6) is 0. The molecule has 4 nitrogen and oxygen atoms in total. The SMILES string of the molecule is CCCCCCCCCCCCCC[N+](C)(C)C.O=C(O)O. The van der Waals surface area contributed by atoms with Crippen LogP contribution in [0.4, 0.5) is 4.79 Å². The predicted octanol–water partition coefficient (Wildman–Crippen LogP) is 5.62. The van der Waals surface area contributed by atoms with Gasteiger partial charge in [-0.1, -0.05) is 71.1 Å². The lowest BCUT2D eigenvalue weighted by Crippen LogP contribution is -2.35. The third-order valence-electron chi connectivity index (χ3n) is 3.68. The van der Waals surface area contributed by atoms with Crippen molar-refractivity contribution < 1.29 is 19.5 Å². The Balaban J connectivity index is 0. The van der Waals surface area contributed by atoms with Gasteiger partial charge in [0.1, 0.15) is 0 Å². The van der Waals surface area contributed by atoms with Crippen LogP contribution in [0.1, 0.15) is 84.0 Å². The smallest absolute Gasteiger partial charge is 0.450 e. The van der Waals surface area contributed by atoms with Gasteiger partial charge in [-0.15, -0.1) is 0 Å². The maximum Gasteiger partial charge on any atom is 0.503 e. The van der Waals surface area contributed by atoms with E-state index in [1.165, 1.54) is 83.6 Å². The zero-order chi connectivity index (χ0) is 17.3. The first-order chi connectivity index (χ1) is 10.3. The van der Waals surface area contributed by atoms with Crippen molar-refractivity contribution in [3.8, 4) is 0 Å². The van der Waals surface area contributed by atoms with Crippen LogP contribution in [-0.2, 0) is 0 Å². The fourth-order valence-corrected chi connectivity index (χ4v) is 2.43. The largest absolute Gasteiger partial charge is 0.503 e. The standard InChI is InChI=1S/C17H38N.CH2O3/c1-5-6-7-8-9-10-11-12-13-14-15-16-17-18(2,3)4;2-1(3)4/h5-17H2,1-4H3;(H2,2,3,4)/q+1;. The number of unbranched alkanes of at least 4 members (excludes halogenated alkanes) is 11. The highest BCUT2D eigenvalue weighted by Gasteiger charge is 2.04. The molecule has 22 heavy (non-hydrogen) atoms.